The number of nitrogens with one attached hydrogen (secondary N) is 1. The van der Waals surface area contributed by atoms with Crippen molar-refractivity contribution in [3.05, 3.63) is 21.3 Å². The van der Waals surface area contributed by atoms with Gasteiger partial charge in [0.1, 0.15) is 6.61 Å². The fourth-order valence-corrected chi connectivity index (χ4v) is 2.89. The number of ether oxygens (including phenoxy) is 1. The maximum atomic E-state index is 12.0. The first-order valence-corrected chi connectivity index (χ1v) is 7.30. The van der Waals surface area contributed by atoms with Gasteiger partial charge in [-0.2, -0.15) is 13.2 Å². The van der Waals surface area contributed by atoms with Crippen molar-refractivity contribution >= 4 is 22.9 Å². The molecule has 0 aliphatic carbocycles. The lowest BCUT2D eigenvalue weighted by molar-refractivity contribution is -0.174. The maximum Gasteiger partial charge on any atom is 0.411 e. The Labute approximate surface area is 119 Å². The smallest absolute Gasteiger partial charge is 0.372 e. The molecule has 2 nitrogen and oxygen atoms in total. The highest BCUT2D eigenvalue weighted by molar-refractivity contribution is 7.10. The summed E-state index contributed by atoms with van der Waals surface area (Å²) in [5.74, 6) is 0. The van der Waals surface area contributed by atoms with E-state index in [1.54, 1.807) is 6.07 Å². The van der Waals surface area contributed by atoms with Gasteiger partial charge in [-0.3, -0.25) is 0 Å². The highest BCUT2D eigenvalue weighted by atomic mass is 35.5. The molecule has 0 fully saturated rings. The Kier molecular flexibility index (Phi) is 7.13. The second-order valence-corrected chi connectivity index (χ2v) is 5.45. The first kappa shape index (κ1) is 16.8. The molecular formula is C12H17ClF3NOS. The summed E-state index contributed by atoms with van der Waals surface area (Å²) in [6.07, 6.45) is -2.86. The van der Waals surface area contributed by atoms with Crippen LogP contribution in [0, 0.1) is 0 Å². The molecule has 0 spiro atoms. The van der Waals surface area contributed by atoms with Crippen LogP contribution in [0.15, 0.2) is 11.4 Å². The van der Waals surface area contributed by atoms with Crippen LogP contribution in [0.5, 0.6) is 0 Å². The van der Waals surface area contributed by atoms with Gasteiger partial charge in [0.25, 0.3) is 0 Å². The highest BCUT2D eigenvalue weighted by Crippen LogP contribution is 2.30. The van der Waals surface area contributed by atoms with E-state index in [-0.39, 0.29) is 12.6 Å². The second kappa shape index (κ2) is 8.09. The van der Waals surface area contributed by atoms with Crippen molar-refractivity contribution in [2.45, 2.75) is 32.0 Å². The Bertz CT molecular complexity index is 370. The Balaban J connectivity index is 2.45. The minimum atomic E-state index is -4.27. The van der Waals surface area contributed by atoms with Gasteiger partial charge in [-0.05, 0) is 30.8 Å². The van der Waals surface area contributed by atoms with Crippen LogP contribution >= 0.6 is 22.9 Å². The molecule has 0 bridgehead atoms. The Morgan fingerprint density at radius 1 is 1.47 bits per heavy atom. The average Bonchev–Trinajstić information content (AvgIpc) is 2.73. The van der Waals surface area contributed by atoms with E-state index in [1.807, 2.05) is 12.3 Å². The molecule has 0 aromatic carbocycles. The Hall–Kier alpha value is -0.300. The minimum absolute atomic E-state index is 0.0507. The molecule has 7 heteroatoms. The van der Waals surface area contributed by atoms with Gasteiger partial charge >= 0.3 is 6.18 Å². The standard InChI is InChI=1S/C12H17ClF3NOS/c1-2-5-17-10(11-9(13)4-7-19-11)3-6-18-8-12(14,15)16/h4,7,10,17H,2-3,5-6,8H2,1H3. The molecule has 0 radical (unpaired) electrons. The lowest BCUT2D eigenvalue weighted by Crippen LogP contribution is -2.24. The van der Waals surface area contributed by atoms with Gasteiger partial charge in [0.2, 0.25) is 0 Å². The van der Waals surface area contributed by atoms with E-state index in [2.05, 4.69) is 10.1 Å². The van der Waals surface area contributed by atoms with Crippen LogP contribution in [0.4, 0.5) is 13.2 Å². The summed E-state index contributed by atoms with van der Waals surface area (Å²) >= 11 is 7.55. The molecule has 0 saturated carbocycles. The number of alkyl halides is 3. The molecule has 0 aliphatic heterocycles. The van der Waals surface area contributed by atoms with Gasteiger partial charge < -0.3 is 10.1 Å². The molecule has 1 aromatic heterocycles. The lowest BCUT2D eigenvalue weighted by Gasteiger charge is -2.18. The molecule has 0 saturated heterocycles. The van der Waals surface area contributed by atoms with Crippen molar-refractivity contribution in [3.63, 3.8) is 0 Å². The molecule has 1 heterocycles. The molecule has 1 N–H and O–H groups in total. The predicted molar refractivity (Wildman–Crippen MR) is 71.9 cm³/mol. The van der Waals surface area contributed by atoms with E-state index < -0.39 is 12.8 Å². The zero-order valence-corrected chi connectivity index (χ0v) is 12.2. The van der Waals surface area contributed by atoms with Gasteiger partial charge in [0.15, 0.2) is 0 Å². The number of hydrogen-bond acceptors (Lipinski definition) is 3. The van der Waals surface area contributed by atoms with Gasteiger partial charge in [-0.25, -0.2) is 0 Å². The van der Waals surface area contributed by atoms with Gasteiger partial charge in [0, 0.05) is 17.5 Å². The molecule has 1 aromatic rings. The van der Waals surface area contributed by atoms with E-state index >= 15 is 0 Å². The van der Waals surface area contributed by atoms with Crippen LogP contribution in [-0.4, -0.2) is 25.9 Å². The fourth-order valence-electron chi connectivity index (χ4n) is 1.59. The zero-order chi connectivity index (χ0) is 14.3. The molecule has 0 aliphatic rings. The second-order valence-electron chi connectivity index (χ2n) is 4.10. The van der Waals surface area contributed by atoms with Gasteiger partial charge in [-0.1, -0.05) is 18.5 Å². The molecular weight excluding hydrogens is 299 g/mol. The monoisotopic (exact) mass is 315 g/mol. The highest BCUT2D eigenvalue weighted by Gasteiger charge is 2.27. The van der Waals surface area contributed by atoms with Crippen molar-refractivity contribution in [1.29, 1.82) is 0 Å². The number of rotatable bonds is 8. The van der Waals surface area contributed by atoms with Gasteiger partial charge in [0.05, 0.1) is 5.02 Å². The maximum absolute atomic E-state index is 12.0. The predicted octanol–water partition coefficient (Wildman–Crippen LogP) is 4.41. The SMILES string of the molecule is CCCNC(CCOCC(F)(F)F)c1sccc1Cl. The van der Waals surface area contributed by atoms with Crippen molar-refractivity contribution in [1.82, 2.24) is 5.32 Å². The summed E-state index contributed by atoms with van der Waals surface area (Å²) in [6.45, 7) is 1.67. The van der Waals surface area contributed by atoms with Crippen LogP contribution in [0.3, 0.4) is 0 Å². The molecule has 110 valence electrons. The summed E-state index contributed by atoms with van der Waals surface area (Å²) in [6, 6.07) is 1.74. The number of hydrogen-bond donors (Lipinski definition) is 1. The van der Waals surface area contributed by atoms with E-state index in [4.69, 9.17) is 11.6 Å². The third kappa shape index (κ3) is 6.61. The largest absolute Gasteiger partial charge is 0.411 e. The van der Waals surface area contributed by atoms with Crippen molar-refractivity contribution in [2.75, 3.05) is 19.8 Å². The number of halogens is 4. The quantitative estimate of drug-likeness (QED) is 0.717. The van der Waals surface area contributed by atoms with Crippen LogP contribution in [0.2, 0.25) is 5.02 Å². The van der Waals surface area contributed by atoms with Crippen LogP contribution < -0.4 is 5.32 Å². The molecule has 1 rings (SSSR count). The van der Waals surface area contributed by atoms with E-state index in [0.717, 1.165) is 17.8 Å². The van der Waals surface area contributed by atoms with E-state index in [1.165, 1.54) is 11.3 Å². The van der Waals surface area contributed by atoms with Crippen molar-refractivity contribution in [2.24, 2.45) is 0 Å². The summed E-state index contributed by atoms with van der Waals surface area (Å²) in [4.78, 5) is 0.950. The summed E-state index contributed by atoms with van der Waals surface area (Å²) in [5.41, 5.74) is 0. The topological polar surface area (TPSA) is 21.3 Å². The van der Waals surface area contributed by atoms with Crippen molar-refractivity contribution in [3.8, 4) is 0 Å². The van der Waals surface area contributed by atoms with E-state index in [0.29, 0.717) is 11.4 Å². The lowest BCUT2D eigenvalue weighted by atomic mass is 10.1. The first-order valence-electron chi connectivity index (χ1n) is 6.04. The molecule has 1 unspecified atom stereocenters. The minimum Gasteiger partial charge on any atom is -0.372 e. The van der Waals surface area contributed by atoms with E-state index in [9.17, 15) is 13.2 Å². The van der Waals surface area contributed by atoms with Gasteiger partial charge in [-0.15, -0.1) is 11.3 Å². The summed E-state index contributed by atoms with van der Waals surface area (Å²) in [5, 5.41) is 5.79. The van der Waals surface area contributed by atoms with Crippen LogP contribution in [-0.2, 0) is 4.74 Å². The van der Waals surface area contributed by atoms with Crippen LogP contribution in [0.25, 0.3) is 0 Å². The number of thiophene rings is 1. The third-order valence-electron chi connectivity index (χ3n) is 2.42. The fraction of sp³-hybridized carbons (Fsp3) is 0.667. The normalized spacial score (nSPS) is 13.7. The first-order chi connectivity index (χ1) is 8.94. The molecule has 19 heavy (non-hydrogen) atoms. The summed E-state index contributed by atoms with van der Waals surface area (Å²) in [7, 11) is 0. The Morgan fingerprint density at radius 2 is 2.21 bits per heavy atom. The zero-order valence-electron chi connectivity index (χ0n) is 10.6. The summed E-state index contributed by atoms with van der Waals surface area (Å²) < 4.78 is 40.5. The Morgan fingerprint density at radius 3 is 2.74 bits per heavy atom. The average molecular weight is 316 g/mol. The molecule has 0 amide bonds. The third-order valence-corrected chi connectivity index (χ3v) is 3.89. The van der Waals surface area contributed by atoms with Crippen LogP contribution in [0.1, 0.15) is 30.7 Å². The molecule has 1 atom stereocenters. The van der Waals surface area contributed by atoms with Crippen molar-refractivity contribution < 1.29 is 17.9 Å².